The Morgan fingerprint density at radius 3 is 2.57 bits per heavy atom. The lowest BCUT2D eigenvalue weighted by molar-refractivity contribution is -0.140. The highest BCUT2D eigenvalue weighted by molar-refractivity contribution is 8.26. The van der Waals surface area contributed by atoms with Crippen LogP contribution in [0.3, 0.4) is 0 Å². The first-order valence-corrected chi connectivity index (χ1v) is 11.0. The molecule has 2 saturated heterocycles. The number of hydrogen-bond acceptors (Lipinski definition) is 5. The number of aliphatic carboxylic acids is 1. The fourth-order valence-electron chi connectivity index (χ4n) is 3.68. The van der Waals surface area contributed by atoms with Crippen LogP contribution in [0.5, 0.6) is 0 Å². The SMILES string of the molecule is CCCCC1CCN(c2ccc(C=C3SC(=S)N(CC(=O)O)C3=O)cc2)CC1. The van der Waals surface area contributed by atoms with E-state index in [0.29, 0.717) is 9.23 Å². The Morgan fingerprint density at radius 2 is 1.96 bits per heavy atom. The molecule has 5 nitrogen and oxygen atoms in total. The monoisotopic (exact) mass is 418 g/mol. The predicted octanol–water partition coefficient (Wildman–Crippen LogP) is 4.38. The van der Waals surface area contributed by atoms with Gasteiger partial charge in [-0.3, -0.25) is 14.5 Å². The van der Waals surface area contributed by atoms with Gasteiger partial charge in [0.2, 0.25) is 0 Å². The van der Waals surface area contributed by atoms with Crippen LogP contribution < -0.4 is 4.90 Å². The number of carboxylic acids is 1. The molecular weight excluding hydrogens is 392 g/mol. The molecule has 2 fully saturated rings. The van der Waals surface area contributed by atoms with E-state index in [1.807, 2.05) is 12.1 Å². The van der Waals surface area contributed by atoms with Crippen LogP contribution in [-0.4, -0.2) is 45.8 Å². The van der Waals surface area contributed by atoms with Crippen molar-refractivity contribution in [2.75, 3.05) is 24.5 Å². The van der Waals surface area contributed by atoms with Crippen LogP contribution in [0.1, 0.15) is 44.6 Å². The first-order valence-electron chi connectivity index (χ1n) is 9.80. The second-order valence-corrected chi connectivity index (χ2v) is 9.00. The van der Waals surface area contributed by atoms with Crippen LogP contribution in [-0.2, 0) is 9.59 Å². The van der Waals surface area contributed by atoms with Crippen molar-refractivity contribution in [3.8, 4) is 0 Å². The summed E-state index contributed by atoms with van der Waals surface area (Å²) in [5.74, 6) is -0.542. The summed E-state index contributed by atoms with van der Waals surface area (Å²) in [6.45, 7) is 4.05. The highest BCUT2D eigenvalue weighted by atomic mass is 32.2. The molecule has 2 aliphatic heterocycles. The summed E-state index contributed by atoms with van der Waals surface area (Å²) in [7, 11) is 0. The third kappa shape index (κ3) is 5.14. The Balaban J connectivity index is 1.61. The minimum absolute atomic E-state index is 0.293. The summed E-state index contributed by atoms with van der Waals surface area (Å²) >= 11 is 6.28. The number of carboxylic acid groups (broad SMARTS) is 1. The quantitative estimate of drug-likeness (QED) is 0.524. The number of unbranched alkanes of at least 4 members (excludes halogenated alkanes) is 1. The molecule has 0 radical (unpaired) electrons. The summed E-state index contributed by atoms with van der Waals surface area (Å²) in [6, 6.07) is 8.19. The highest BCUT2D eigenvalue weighted by Gasteiger charge is 2.33. The number of hydrogen-bond donors (Lipinski definition) is 1. The lowest BCUT2D eigenvalue weighted by atomic mass is 9.91. The van der Waals surface area contributed by atoms with E-state index in [0.717, 1.165) is 41.2 Å². The zero-order valence-corrected chi connectivity index (χ0v) is 17.7. The average Bonchev–Trinajstić information content (AvgIpc) is 2.94. The molecule has 0 atom stereocenters. The highest BCUT2D eigenvalue weighted by Crippen LogP contribution is 2.33. The zero-order chi connectivity index (χ0) is 20.1. The van der Waals surface area contributed by atoms with Gasteiger partial charge >= 0.3 is 5.97 Å². The van der Waals surface area contributed by atoms with E-state index in [1.54, 1.807) is 6.08 Å². The van der Waals surface area contributed by atoms with E-state index in [-0.39, 0.29) is 5.91 Å². The number of carbonyl (C=O) groups excluding carboxylic acids is 1. The minimum Gasteiger partial charge on any atom is -0.480 e. The lowest BCUT2D eigenvalue weighted by Gasteiger charge is -2.33. The second-order valence-electron chi connectivity index (χ2n) is 7.33. The van der Waals surface area contributed by atoms with Crippen LogP contribution in [0.25, 0.3) is 6.08 Å². The lowest BCUT2D eigenvalue weighted by Crippen LogP contribution is -2.33. The van der Waals surface area contributed by atoms with Crippen LogP contribution in [0, 0.1) is 5.92 Å². The predicted molar refractivity (Wildman–Crippen MR) is 118 cm³/mol. The van der Waals surface area contributed by atoms with E-state index < -0.39 is 12.5 Å². The van der Waals surface area contributed by atoms with Gasteiger partial charge in [0.05, 0.1) is 4.91 Å². The smallest absolute Gasteiger partial charge is 0.323 e. The van der Waals surface area contributed by atoms with E-state index >= 15 is 0 Å². The van der Waals surface area contributed by atoms with Crippen molar-refractivity contribution < 1.29 is 14.7 Å². The van der Waals surface area contributed by atoms with Crippen LogP contribution in [0.4, 0.5) is 5.69 Å². The number of carbonyl (C=O) groups is 2. The van der Waals surface area contributed by atoms with Crippen molar-refractivity contribution in [1.29, 1.82) is 0 Å². The van der Waals surface area contributed by atoms with Gasteiger partial charge in [0.15, 0.2) is 0 Å². The summed E-state index contributed by atoms with van der Waals surface area (Å²) in [5.41, 5.74) is 2.13. The molecule has 1 amide bonds. The summed E-state index contributed by atoms with van der Waals surface area (Å²) < 4.78 is 0.293. The summed E-state index contributed by atoms with van der Waals surface area (Å²) in [6.07, 6.45) is 8.25. The van der Waals surface area contributed by atoms with Gasteiger partial charge in [-0.15, -0.1) is 0 Å². The van der Waals surface area contributed by atoms with Crippen molar-refractivity contribution in [2.24, 2.45) is 5.92 Å². The molecule has 2 heterocycles. The molecule has 1 aromatic carbocycles. The van der Waals surface area contributed by atoms with Gasteiger partial charge in [0.1, 0.15) is 10.9 Å². The van der Waals surface area contributed by atoms with Crippen molar-refractivity contribution in [3.63, 3.8) is 0 Å². The summed E-state index contributed by atoms with van der Waals surface area (Å²) in [5, 5.41) is 8.91. The Labute approximate surface area is 175 Å². The third-order valence-corrected chi connectivity index (χ3v) is 6.68. The van der Waals surface area contributed by atoms with Gasteiger partial charge in [0.25, 0.3) is 5.91 Å². The van der Waals surface area contributed by atoms with Crippen molar-refractivity contribution >= 4 is 51.9 Å². The van der Waals surface area contributed by atoms with Crippen LogP contribution in [0.15, 0.2) is 29.2 Å². The standard InChI is InChI=1S/C21H26N2O3S2/c1-2-3-4-15-9-11-22(12-10-15)17-7-5-16(6-8-17)13-18-20(26)23(14-19(24)25)21(27)28-18/h5-8,13,15H,2-4,9-12,14H2,1H3,(H,24,25). The number of benzene rings is 1. The van der Waals surface area contributed by atoms with Gasteiger partial charge in [-0.25, -0.2) is 0 Å². The number of thiocarbonyl (C=S) groups is 1. The maximum Gasteiger partial charge on any atom is 0.323 e. The Hall–Kier alpha value is -1.86. The maximum atomic E-state index is 12.4. The minimum atomic E-state index is -1.07. The molecule has 1 aromatic rings. The topological polar surface area (TPSA) is 60.9 Å². The molecular formula is C21H26N2O3S2. The van der Waals surface area contributed by atoms with Gasteiger partial charge in [-0.05, 0) is 42.5 Å². The van der Waals surface area contributed by atoms with Crippen molar-refractivity contribution in [3.05, 3.63) is 34.7 Å². The van der Waals surface area contributed by atoms with E-state index in [4.69, 9.17) is 17.3 Å². The largest absolute Gasteiger partial charge is 0.480 e. The van der Waals surface area contributed by atoms with Gasteiger partial charge in [-0.1, -0.05) is 62.3 Å². The second kappa shape index (κ2) is 9.56. The molecule has 0 bridgehead atoms. The molecule has 28 heavy (non-hydrogen) atoms. The molecule has 7 heteroatoms. The van der Waals surface area contributed by atoms with E-state index in [1.165, 1.54) is 37.8 Å². The van der Waals surface area contributed by atoms with Gasteiger partial charge < -0.3 is 10.0 Å². The molecule has 0 aromatic heterocycles. The van der Waals surface area contributed by atoms with E-state index in [2.05, 4.69) is 24.0 Å². The molecule has 0 unspecified atom stereocenters. The Morgan fingerprint density at radius 1 is 1.29 bits per heavy atom. The molecule has 0 spiro atoms. The van der Waals surface area contributed by atoms with Crippen molar-refractivity contribution in [1.82, 2.24) is 4.90 Å². The maximum absolute atomic E-state index is 12.4. The molecule has 150 valence electrons. The first kappa shape index (κ1) is 20.9. The normalized spacial score (nSPS) is 19.7. The zero-order valence-electron chi connectivity index (χ0n) is 16.1. The van der Waals surface area contributed by atoms with Gasteiger partial charge in [0, 0.05) is 18.8 Å². The Bertz CT molecular complexity index is 768. The van der Waals surface area contributed by atoms with Gasteiger partial charge in [-0.2, -0.15) is 0 Å². The Kier molecular flexibility index (Phi) is 7.13. The fourth-order valence-corrected chi connectivity index (χ4v) is 4.93. The van der Waals surface area contributed by atoms with Crippen molar-refractivity contribution in [2.45, 2.75) is 39.0 Å². The molecule has 1 N–H and O–H groups in total. The molecule has 0 saturated carbocycles. The van der Waals surface area contributed by atoms with Crippen LogP contribution in [0.2, 0.25) is 0 Å². The number of piperidine rings is 1. The summed E-state index contributed by atoms with van der Waals surface area (Å²) in [4.78, 5) is 27.3. The molecule has 2 aliphatic rings. The molecule has 3 rings (SSSR count). The van der Waals surface area contributed by atoms with Crippen LogP contribution >= 0.6 is 24.0 Å². The van der Waals surface area contributed by atoms with E-state index in [9.17, 15) is 9.59 Å². The number of nitrogens with zero attached hydrogens (tertiary/aromatic N) is 2. The number of rotatable bonds is 7. The molecule has 0 aliphatic carbocycles. The fraction of sp³-hybridized carbons (Fsp3) is 0.476. The average molecular weight is 419 g/mol. The first-order chi connectivity index (χ1) is 13.5. The number of amides is 1. The number of anilines is 1. The number of thioether (sulfide) groups is 1. The third-order valence-electron chi connectivity index (χ3n) is 5.30.